The van der Waals surface area contributed by atoms with Gasteiger partial charge in [0.15, 0.2) is 0 Å². The first-order chi connectivity index (χ1) is 9.04. The highest BCUT2D eigenvalue weighted by molar-refractivity contribution is 5.81. The zero-order valence-corrected chi connectivity index (χ0v) is 12.2. The van der Waals surface area contributed by atoms with Gasteiger partial charge < -0.3 is 15.2 Å². The predicted molar refractivity (Wildman–Crippen MR) is 73.7 cm³/mol. The van der Waals surface area contributed by atoms with E-state index in [-0.39, 0.29) is 17.9 Å². The molecule has 0 aromatic rings. The maximum Gasteiger partial charge on any atom is 0.249 e. The highest BCUT2D eigenvalue weighted by Gasteiger charge is 2.35. The number of nitrogens with one attached hydrogen (secondary N) is 1. The van der Waals surface area contributed by atoms with E-state index < -0.39 is 5.60 Å². The lowest BCUT2D eigenvalue weighted by Crippen LogP contribution is -2.48. The van der Waals surface area contributed by atoms with Crippen molar-refractivity contribution in [3.63, 3.8) is 0 Å². The lowest BCUT2D eigenvalue weighted by atomic mass is 9.78. The fourth-order valence-corrected chi connectivity index (χ4v) is 3.18. The van der Waals surface area contributed by atoms with Gasteiger partial charge in [-0.3, -0.25) is 4.79 Å². The van der Waals surface area contributed by atoms with Crippen molar-refractivity contribution in [2.24, 2.45) is 11.8 Å². The first-order valence-electron chi connectivity index (χ1n) is 7.66. The second-order valence-corrected chi connectivity index (χ2v) is 6.35. The van der Waals surface area contributed by atoms with E-state index in [1.54, 1.807) is 0 Å². The molecular weight excluding hydrogens is 242 g/mol. The molecule has 2 fully saturated rings. The Morgan fingerprint density at radius 2 is 2.05 bits per heavy atom. The van der Waals surface area contributed by atoms with Gasteiger partial charge in [-0.25, -0.2) is 0 Å². The summed E-state index contributed by atoms with van der Waals surface area (Å²) in [6.07, 6.45) is 5.55. The Bertz CT molecular complexity index is 311. The molecule has 110 valence electrons. The van der Waals surface area contributed by atoms with Gasteiger partial charge in [-0.15, -0.1) is 0 Å². The Kier molecular flexibility index (Phi) is 4.85. The van der Waals surface area contributed by atoms with Crippen LogP contribution in [0.15, 0.2) is 0 Å². The van der Waals surface area contributed by atoms with Gasteiger partial charge in [0.2, 0.25) is 5.91 Å². The summed E-state index contributed by atoms with van der Waals surface area (Å²) in [6, 6.07) is 0. The van der Waals surface area contributed by atoms with Gasteiger partial charge in [0, 0.05) is 13.2 Å². The number of carbonyl (C=O) groups is 1. The fraction of sp³-hybridized carbons (Fsp3) is 0.933. The highest BCUT2D eigenvalue weighted by Crippen LogP contribution is 2.33. The number of amides is 1. The molecule has 1 aliphatic heterocycles. The predicted octanol–water partition coefficient (Wildman–Crippen LogP) is 1.86. The molecule has 2 aliphatic rings. The summed E-state index contributed by atoms with van der Waals surface area (Å²) in [5.74, 6) is 0.968. The van der Waals surface area contributed by atoms with E-state index in [2.05, 4.69) is 12.2 Å². The summed E-state index contributed by atoms with van der Waals surface area (Å²) in [7, 11) is 0. The Labute approximate surface area is 115 Å². The zero-order chi connectivity index (χ0) is 13.9. The Morgan fingerprint density at radius 1 is 1.37 bits per heavy atom. The first kappa shape index (κ1) is 14.8. The van der Waals surface area contributed by atoms with Gasteiger partial charge >= 0.3 is 0 Å². The van der Waals surface area contributed by atoms with E-state index in [0.717, 1.165) is 38.0 Å². The Hall–Kier alpha value is -0.610. The quantitative estimate of drug-likeness (QED) is 0.819. The van der Waals surface area contributed by atoms with Gasteiger partial charge in [-0.1, -0.05) is 20.3 Å². The van der Waals surface area contributed by atoms with Crippen LogP contribution in [0.25, 0.3) is 0 Å². The second-order valence-electron chi connectivity index (χ2n) is 6.35. The van der Waals surface area contributed by atoms with Gasteiger partial charge in [0.05, 0.1) is 5.60 Å². The van der Waals surface area contributed by atoms with Crippen LogP contribution in [-0.4, -0.2) is 35.9 Å². The third-order valence-electron chi connectivity index (χ3n) is 4.85. The molecule has 0 aromatic carbocycles. The van der Waals surface area contributed by atoms with Crippen molar-refractivity contribution in [2.45, 2.75) is 64.1 Å². The minimum Gasteiger partial charge on any atom is -0.388 e. The van der Waals surface area contributed by atoms with E-state index in [1.165, 1.54) is 6.42 Å². The van der Waals surface area contributed by atoms with Crippen LogP contribution in [0.5, 0.6) is 0 Å². The molecular formula is C15H27NO3. The molecule has 1 amide bonds. The summed E-state index contributed by atoms with van der Waals surface area (Å²) < 4.78 is 5.44. The summed E-state index contributed by atoms with van der Waals surface area (Å²) >= 11 is 0. The molecule has 19 heavy (non-hydrogen) atoms. The van der Waals surface area contributed by atoms with Crippen LogP contribution in [-0.2, 0) is 9.53 Å². The summed E-state index contributed by atoms with van der Waals surface area (Å²) in [5, 5.41) is 13.4. The van der Waals surface area contributed by atoms with E-state index in [9.17, 15) is 9.90 Å². The van der Waals surface area contributed by atoms with E-state index in [0.29, 0.717) is 13.2 Å². The maximum absolute atomic E-state index is 12.0. The number of hydrogen-bond donors (Lipinski definition) is 2. The van der Waals surface area contributed by atoms with E-state index in [1.807, 2.05) is 6.92 Å². The number of aliphatic hydroxyl groups is 1. The highest BCUT2D eigenvalue weighted by atomic mass is 16.5. The Balaban J connectivity index is 1.77. The largest absolute Gasteiger partial charge is 0.388 e. The molecule has 4 nitrogen and oxygen atoms in total. The summed E-state index contributed by atoms with van der Waals surface area (Å²) in [5.41, 5.74) is -0.705. The smallest absolute Gasteiger partial charge is 0.249 e. The van der Waals surface area contributed by atoms with E-state index in [4.69, 9.17) is 4.74 Å². The van der Waals surface area contributed by atoms with Crippen molar-refractivity contribution < 1.29 is 14.6 Å². The maximum atomic E-state index is 12.0. The molecule has 4 heteroatoms. The number of hydrogen-bond acceptors (Lipinski definition) is 3. The average molecular weight is 269 g/mol. The first-order valence-corrected chi connectivity index (χ1v) is 7.66. The summed E-state index contributed by atoms with van der Waals surface area (Å²) in [6.45, 7) is 5.28. The molecule has 0 bridgehead atoms. The van der Waals surface area contributed by atoms with E-state index >= 15 is 0 Å². The molecule has 1 saturated heterocycles. The lowest BCUT2D eigenvalue weighted by Gasteiger charge is -2.36. The fourth-order valence-electron chi connectivity index (χ4n) is 3.18. The second kappa shape index (κ2) is 6.23. The van der Waals surface area contributed by atoms with Crippen molar-refractivity contribution in [3.8, 4) is 0 Å². The molecule has 2 unspecified atom stereocenters. The molecule has 2 atom stereocenters. The minimum atomic E-state index is -0.705. The monoisotopic (exact) mass is 269 g/mol. The van der Waals surface area contributed by atoms with Crippen molar-refractivity contribution >= 4 is 5.91 Å². The Morgan fingerprint density at radius 3 is 2.58 bits per heavy atom. The SMILES string of the molecule is CCC1CCC(O)(CNC(=O)C2OCCC2C)CC1. The zero-order valence-electron chi connectivity index (χ0n) is 12.2. The molecule has 2 rings (SSSR count). The topological polar surface area (TPSA) is 58.6 Å². The number of ether oxygens (including phenoxy) is 1. The minimum absolute atomic E-state index is 0.0592. The van der Waals surface area contributed by atoms with Crippen molar-refractivity contribution in [3.05, 3.63) is 0 Å². The van der Waals surface area contributed by atoms with Crippen LogP contribution in [0.1, 0.15) is 52.4 Å². The van der Waals surface area contributed by atoms with Gasteiger partial charge in [-0.05, 0) is 43.9 Å². The molecule has 1 aliphatic carbocycles. The van der Waals surface area contributed by atoms with Crippen molar-refractivity contribution in [2.75, 3.05) is 13.2 Å². The lowest BCUT2D eigenvalue weighted by molar-refractivity contribution is -0.133. The van der Waals surface area contributed by atoms with Crippen LogP contribution in [0.4, 0.5) is 0 Å². The summed E-state index contributed by atoms with van der Waals surface area (Å²) in [4.78, 5) is 12.0. The van der Waals surface area contributed by atoms with Gasteiger partial charge in [0.25, 0.3) is 0 Å². The standard InChI is InChI=1S/C15H27NO3/c1-3-12-4-7-15(18,8-5-12)10-16-14(17)13-11(2)6-9-19-13/h11-13,18H,3-10H2,1-2H3,(H,16,17). The normalized spacial score (nSPS) is 39.2. The van der Waals surface area contributed by atoms with Crippen LogP contribution in [0, 0.1) is 11.8 Å². The van der Waals surface area contributed by atoms with Crippen LogP contribution < -0.4 is 5.32 Å². The van der Waals surface area contributed by atoms with Crippen LogP contribution in [0.2, 0.25) is 0 Å². The third-order valence-corrected chi connectivity index (χ3v) is 4.85. The van der Waals surface area contributed by atoms with Crippen molar-refractivity contribution in [1.29, 1.82) is 0 Å². The number of rotatable bonds is 4. The number of carbonyl (C=O) groups excluding carboxylic acids is 1. The molecule has 0 spiro atoms. The third kappa shape index (κ3) is 3.69. The average Bonchev–Trinajstić information content (AvgIpc) is 2.83. The van der Waals surface area contributed by atoms with Gasteiger partial charge in [0.1, 0.15) is 6.10 Å². The molecule has 0 aromatic heterocycles. The molecule has 2 N–H and O–H groups in total. The van der Waals surface area contributed by atoms with Crippen LogP contribution >= 0.6 is 0 Å². The molecule has 1 heterocycles. The van der Waals surface area contributed by atoms with Gasteiger partial charge in [-0.2, -0.15) is 0 Å². The van der Waals surface area contributed by atoms with Crippen molar-refractivity contribution in [1.82, 2.24) is 5.32 Å². The molecule has 1 saturated carbocycles. The molecule has 0 radical (unpaired) electrons. The van der Waals surface area contributed by atoms with Crippen LogP contribution in [0.3, 0.4) is 0 Å².